The Labute approximate surface area is 71.2 Å². The van der Waals surface area contributed by atoms with Crippen LogP contribution in [0.5, 0.6) is 0 Å². The Kier molecular flexibility index (Phi) is 2.80. The third kappa shape index (κ3) is 2.05. The molecule has 1 aromatic rings. The van der Waals surface area contributed by atoms with Crippen LogP contribution < -0.4 is 0 Å². The molecular weight excluding hydrogens is 154 g/mol. The highest BCUT2D eigenvalue weighted by Gasteiger charge is 2.04. The Bertz CT molecular complexity index is 284. The minimum absolute atomic E-state index is 0.150. The van der Waals surface area contributed by atoms with Crippen LogP contribution in [0, 0.1) is 16.2 Å². The summed E-state index contributed by atoms with van der Waals surface area (Å²) < 4.78 is 0. The maximum absolute atomic E-state index is 10.3. The summed E-state index contributed by atoms with van der Waals surface area (Å²) in [6.07, 6.45) is 1.83. The molecule has 0 aliphatic rings. The van der Waals surface area contributed by atoms with Gasteiger partial charge in [-0.1, -0.05) is 13.3 Å². The number of rotatable bonds is 3. The first kappa shape index (κ1) is 8.71. The van der Waals surface area contributed by atoms with Gasteiger partial charge in [0, 0.05) is 12.1 Å². The Morgan fingerprint density at radius 3 is 3.00 bits per heavy atom. The monoisotopic (exact) mass is 164 g/mol. The van der Waals surface area contributed by atoms with Crippen LogP contribution in [0.1, 0.15) is 18.9 Å². The van der Waals surface area contributed by atoms with Crippen LogP contribution in [0.4, 0.5) is 5.69 Å². The first-order valence-electron chi connectivity index (χ1n) is 3.89. The van der Waals surface area contributed by atoms with E-state index in [0.29, 0.717) is 0 Å². The van der Waals surface area contributed by atoms with Crippen molar-refractivity contribution in [3.05, 3.63) is 39.9 Å². The van der Waals surface area contributed by atoms with Crippen LogP contribution in [0.25, 0.3) is 0 Å². The molecule has 0 aliphatic carbocycles. The van der Waals surface area contributed by atoms with Gasteiger partial charge in [0.1, 0.15) is 0 Å². The van der Waals surface area contributed by atoms with Crippen molar-refractivity contribution in [2.24, 2.45) is 0 Å². The molecule has 0 amide bonds. The summed E-state index contributed by atoms with van der Waals surface area (Å²) in [7, 11) is 0. The second-order valence-electron chi connectivity index (χ2n) is 2.58. The van der Waals surface area contributed by atoms with Crippen molar-refractivity contribution < 1.29 is 4.92 Å². The molecule has 0 atom stereocenters. The quantitative estimate of drug-likeness (QED) is 0.508. The van der Waals surface area contributed by atoms with E-state index in [2.05, 4.69) is 6.07 Å². The zero-order valence-corrected chi connectivity index (χ0v) is 6.91. The summed E-state index contributed by atoms with van der Waals surface area (Å²) in [6.45, 7) is 2.03. The SMILES string of the molecule is CCCc1[c]ccc([N+](=O)[O-])c1. The molecule has 12 heavy (non-hydrogen) atoms. The molecule has 0 bridgehead atoms. The molecule has 0 saturated heterocycles. The van der Waals surface area contributed by atoms with E-state index >= 15 is 0 Å². The maximum atomic E-state index is 10.3. The molecule has 0 N–H and O–H groups in total. The third-order valence-corrected chi connectivity index (χ3v) is 1.58. The molecule has 63 valence electrons. The van der Waals surface area contributed by atoms with E-state index in [4.69, 9.17) is 0 Å². The average molecular weight is 164 g/mol. The minimum Gasteiger partial charge on any atom is -0.258 e. The van der Waals surface area contributed by atoms with Gasteiger partial charge in [0.15, 0.2) is 0 Å². The van der Waals surface area contributed by atoms with Gasteiger partial charge in [0.05, 0.1) is 4.92 Å². The molecule has 0 aliphatic heterocycles. The zero-order chi connectivity index (χ0) is 8.97. The summed E-state index contributed by atoms with van der Waals surface area (Å²) in [5.74, 6) is 0. The summed E-state index contributed by atoms with van der Waals surface area (Å²) in [6, 6.07) is 7.59. The molecule has 0 aromatic heterocycles. The second kappa shape index (κ2) is 3.85. The van der Waals surface area contributed by atoms with Gasteiger partial charge in [0.2, 0.25) is 0 Å². The van der Waals surface area contributed by atoms with Crippen LogP contribution in [-0.2, 0) is 6.42 Å². The van der Waals surface area contributed by atoms with Gasteiger partial charge in [-0.25, -0.2) is 0 Å². The van der Waals surface area contributed by atoms with Gasteiger partial charge in [-0.15, -0.1) is 0 Å². The summed E-state index contributed by atoms with van der Waals surface area (Å²) in [5, 5.41) is 10.3. The molecule has 1 rings (SSSR count). The van der Waals surface area contributed by atoms with Gasteiger partial charge in [-0.05, 0) is 24.1 Å². The second-order valence-corrected chi connectivity index (χ2v) is 2.58. The molecule has 3 nitrogen and oxygen atoms in total. The number of non-ortho nitro benzene ring substituents is 1. The van der Waals surface area contributed by atoms with E-state index in [1.165, 1.54) is 6.07 Å². The van der Waals surface area contributed by atoms with Crippen molar-refractivity contribution in [2.75, 3.05) is 0 Å². The molecule has 0 unspecified atom stereocenters. The van der Waals surface area contributed by atoms with E-state index in [0.717, 1.165) is 18.4 Å². The zero-order valence-electron chi connectivity index (χ0n) is 6.91. The first-order valence-corrected chi connectivity index (χ1v) is 3.89. The van der Waals surface area contributed by atoms with Gasteiger partial charge < -0.3 is 0 Å². The number of benzene rings is 1. The Morgan fingerprint density at radius 1 is 1.67 bits per heavy atom. The van der Waals surface area contributed by atoms with Crippen LogP contribution >= 0.6 is 0 Å². The van der Waals surface area contributed by atoms with Crippen LogP contribution in [0.15, 0.2) is 18.2 Å². The van der Waals surface area contributed by atoms with E-state index in [1.54, 1.807) is 12.1 Å². The lowest BCUT2D eigenvalue weighted by molar-refractivity contribution is -0.384. The molecule has 1 aromatic carbocycles. The minimum atomic E-state index is -0.382. The lowest BCUT2D eigenvalue weighted by atomic mass is 10.1. The fourth-order valence-electron chi connectivity index (χ4n) is 1.03. The van der Waals surface area contributed by atoms with E-state index in [-0.39, 0.29) is 10.6 Å². The number of hydrogen-bond acceptors (Lipinski definition) is 2. The molecule has 1 radical (unpaired) electrons. The van der Waals surface area contributed by atoms with Crippen molar-refractivity contribution in [1.82, 2.24) is 0 Å². The summed E-state index contributed by atoms with van der Waals surface area (Å²) in [5.41, 5.74) is 1.06. The smallest absolute Gasteiger partial charge is 0.258 e. The highest BCUT2D eigenvalue weighted by molar-refractivity contribution is 5.33. The van der Waals surface area contributed by atoms with Crippen LogP contribution in [0.3, 0.4) is 0 Å². The largest absolute Gasteiger partial charge is 0.269 e. The van der Waals surface area contributed by atoms with Crippen molar-refractivity contribution in [2.45, 2.75) is 19.8 Å². The maximum Gasteiger partial charge on any atom is 0.269 e. The lowest BCUT2D eigenvalue weighted by Crippen LogP contribution is -1.90. The van der Waals surface area contributed by atoms with E-state index in [9.17, 15) is 10.1 Å². The molecule has 0 heterocycles. The number of nitrogens with zero attached hydrogens (tertiary/aromatic N) is 1. The Balaban J connectivity index is 2.88. The topological polar surface area (TPSA) is 43.1 Å². The highest BCUT2D eigenvalue weighted by Crippen LogP contribution is 2.13. The predicted octanol–water partition coefficient (Wildman–Crippen LogP) is 2.35. The van der Waals surface area contributed by atoms with Crippen molar-refractivity contribution in [3.63, 3.8) is 0 Å². The highest BCUT2D eigenvalue weighted by atomic mass is 16.6. The molecular formula is C9H10NO2. The van der Waals surface area contributed by atoms with Crippen molar-refractivity contribution >= 4 is 5.69 Å². The lowest BCUT2D eigenvalue weighted by Gasteiger charge is -1.96. The summed E-state index contributed by atoms with van der Waals surface area (Å²) in [4.78, 5) is 9.97. The van der Waals surface area contributed by atoms with Crippen molar-refractivity contribution in [1.29, 1.82) is 0 Å². The number of nitro benzene ring substituents is 1. The Hall–Kier alpha value is -1.38. The first-order chi connectivity index (χ1) is 5.74. The number of nitro groups is 1. The molecule has 3 heteroatoms. The van der Waals surface area contributed by atoms with Crippen LogP contribution in [-0.4, -0.2) is 4.92 Å². The fraction of sp³-hybridized carbons (Fsp3) is 0.333. The molecule has 0 saturated carbocycles. The molecule has 0 fully saturated rings. The normalized spacial score (nSPS) is 9.75. The predicted molar refractivity (Wildman–Crippen MR) is 45.9 cm³/mol. The number of hydrogen-bond donors (Lipinski definition) is 0. The van der Waals surface area contributed by atoms with Gasteiger partial charge in [-0.3, -0.25) is 10.1 Å². The van der Waals surface area contributed by atoms with Gasteiger partial charge >= 0.3 is 0 Å². The van der Waals surface area contributed by atoms with Gasteiger partial charge in [-0.2, -0.15) is 0 Å². The third-order valence-electron chi connectivity index (χ3n) is 1.58. The van der Waals surface area contributed by atoms with Crippen LogP contribution in [0.2, 0.25) is 0 Å². The Morgan fingerprint density at radius 2 is 2.42 bits per heavy atom. The fourth-order valence-corrected chi connectivity index (χ4v) is 1.03. The summed E-state index contributed by atoms with van der Waals surface area (Å²) >= 11 is 0. The number of aryl methyl sites for hydroxylation is 1. The van der Waals surface area contributed by atoms with Crippen molar-refractivity contribution in [3.8, 4) is 0 Å². The van der Waals surface area contributed by atoms with Gasteiger partial charge in [0.25, 0.3) is 5.69 Å². The molecule has 0 spiro atoms. The van der Waals surface area contributed by atoms with E-state index < -0.39 is 0 Å². The average Bonchev–Trinajstić information content (AvgIpc) is 2.05. The van der Waals surface area contributed by atoms with E-state index in [1.807, 2.05) is 6.92 Å². The standard InChI is InChI=1S/C9H10NO2/c1-2-4-8-5-3-6-9(7-8)10(11)12/h3,6-7H,2,4H2,1H3.